The van der Waals surface area contributed by atoms with E-state index in [1.54, 1.807) is 18.2 Å². The lowest BCUT2D eigenvalue weighted by molar-refractivity contribution is -0.191. The third kappa shape index (κ3) is 6.82. The molecule has 0 aliphatic carbocycles. The van der Waals surface area contributed by atoms with Crippen LogP contribution in [0.2, 0.25) is 0 Å². The van der Waals surface area contributed by atoms with Crippen molar-refractivity contribution in [2.24, 2.45) is 5.41 Å². The summed E-state index contributed by atoms with van der Waals surface area (Å²) in [7, 11) is -2.85. The first kappa shape index (κ1) is 30.6. The van der Waals surface area contributed by atoms with Crippen molar-refractivity contribution in [1.29, 1.82) is 0 Å². The minimum atomic E-state index is -2.85. The Kier molecular flexibility index (Phi) is 10.6. The number of benzene rings is 2. The number of nitrogens with one attached hydrogen (secondary N) is 1. The number of likely N-dealkylation sites (tertiary alicyclic amines) is 1. The monoisotopic (exact) mass is 554 g/mol. The molecule has 2 aromatic rings. The standard InChI is InChI=1S/C31H43N2O5P/c1-7-12-27(25-17-13-23(6)14-18-25)32-30(35)33-28(34)31(9-3,10-4)29(33)38-26-19-15-24(16-20-26)22-39(36,21-8-2)37-11-5/h8,13-20,27,29H,2,7,9-12,21-22H2,1,3-6H3,(H,32,35)/t27-,29+,39?/m1/s1. The predicted octanol–water partition coefficient (Wildman–Crippen LogP) is 7.60. The lowest BCUT2D eigenvalue weighted by Crippen LogP contribution is -2.73. The molecule has 1 saturated heterocycles. The first-order valence-electron chi connectivity index (χ1n) is 14.0. The van der Waals surface area contributed by atoms with Gasteiger partial charge in [0, 0.05) is 6.16 Å². The van der Waals surface area contributed by atoms with Crippen molar-refractivity contribution in [1.82, 2.24) is 10.2 Å². The fraction of sp³-hybridized carbons (Fsp3) is 0.484. The Bertz CT molecular complexity index is 1170. The van der Waals surface area contributed by atoms with Crippen molar-refractivity contribution >= 4 is 19.3 Å². The van der Waals surface area contributed by atoms with E-state index < -0.39 is 25.0 Å². The van der Waals surface area contributed by atoms with Gasteiger partial charge in [0.05, 0.1) is 18.8 Å². The minimum Gasteiger partial charge on any atom is -0.469 e. The zero-order valence-electron chi connectivity index (χ0n) is 23.9. The van der Waals surface area contributed by atoms with Crippen LogP contribution in [0.15, 0.2) is 61.2 Å². The highest BCUT2D eigenvalue weighted by Crippen LogP contribution is 2.50. The van der Waals surface area contributed by atoms with Crippen molar-refractivity contribution < 1.29 is 23.4 Å². The van der Waals surface area contributed by atoms with Crippen LogP contribution in [0.1, 0.15) is 76.1 Å². The van der Waals surface area contributed by atoms with Crippen LogP contribution in [0.25, 0.3) is 0 Å². The Hall–Kier alpha value is -2.89. The van der Waals surface area contributed by atoms with Crippen LogP contribution in [0.5, 0.6) is 5.75 Å². The molecule has 1 heterocycles. The highest BCUT2D eigenvalue weighted by atomic mass is 31.2. The van der Waals surface area contributed by atoms with E-state index >= 15 is 0 Å². The number of aryl methyl sites for hydroxylation is 1. The van der Waals surface area contributed by atoms with E-state index in [0.29, 0.717) is 37.5 Å². The maximum absolute atomic E-state index is 13.5. The molecular formula is C31H43N2O5P. The lowest BCUT2D eigenvalue weighted by Gasteiger charge is -2.53. The molecule has 0 spiro atoms. The smallest absolute Gasteiger partial charge is 0.327 e. The fourth-order valence-corrected chi connectivity index (χ4v) is 7.16. The van der Waals surface area contributed by atoms with E-state index in [4.69, 9.17) is 9.26 Å². The van der Waals surface area contributed by atoms with Crippen molar-refractivity contribution in [2.75, 3.05) is 12.8 Å². The average molecular weight is 555 g/mol. The van der Waals surface area contributed by atoms with Gasteiger partial charge >= 0.3 is 6.03 Å². The molecule has 1 aliphatic rings. The molecule has 0 bridgehead atoms. The maximum atomic E-state index is 13.5. The van der Waals surface area contributed by atoms with Crippen molar-refractivity contribution in [2.45, 2.75) is 78.7 Å². The van der Waals surface area contributed by atoms with Gasteiger partial charge in [0.25, 0.3) is 0 Å². The quantitative estimate of drug-likeness (QED) is 0.148. The molecule has 3 amide bonds. The number of ether oxygens (including phenoxy) is 1. The molecule has 1 fully saturated rings. The van der Waals surface area contributed by atoms with E-state index in [0.717, 1.165) is 29.5 Å². The molecule has 1 unspecified atom stereocenters. The van der Waals surface area contributed by atoms with E-state index in [-0.39, 0.29) is 11.9 Å². The van der Waals surface area contributed by atoms with Crippen LogP contribution in [0.4, 0.5) is 4.79 Å². The Morgan fingerprint density at radius 3 is 2.28 bits per heavy atom. The number of imide groups is 1. The number of rotatable bonds is 14. The molecular weight excluding hydrogens is 511 g/mol. The summed E-state index contributed by atoms with van der Waals surface area (Å²) in [6.45, 7) is 13.9. The summed E-state index contributed by atoms with van der Waals surface area (Å²) in [4.78, 5) is 28.1. The van der Waals surface area contributed by atoms with Crippen molar-refractivity contribution in [3.63, 3.8) is 0 Å². The van der Waals surface area contributed by atoms with E-state index in [1.807, 2.05) is 64.1 Å². The minimum absolute atomic E-state index is 0.203. The summed E-state index contributed by atoms with van der Waals surface area (Å²) in [5.74, 6) is 0.326. The number of hydrogen-bond acceptors (Lipinski definition) is 5. The molecule has 3 atom stereocenters. The Balaban J connectivity index is 1.79. The number of nitrogens with zero attached hydrogens (tertiary/aromatic N) is 1. The van der Waals surface area contributed by atoms with Crippen LogP contribution in [-0.4, -0.2) is 35.8 Å². The first-order valence-corrected chi connectivity index (χ1v) is 16.0. The molecule has 8 heteroatoms. The maximum Gasteiger partial charge on any atom is 0.327 e. The van der Waals surface area contributed by atoms with Crippen LogP contribution in [-0.2, 0) is 20.0 Å². The topological polar surface area (TPSA) is 84.9 Å². The summed E-state index contributed by atoms with van der Waals surface area (Å²) >= 11 is 0. The number of carbonyl (C=O) groups is 2. The van der Waals surface area contributed by atoms with Gasteiger partial charge in [-0.3, -0.25) is 9.36 Å². The van der Waals surface area contributed by atoms with E-state index in [1.165, 1.54) is 4.90 Å². The Morgan fingerprint density at radius 1 is 1.10 bits per heavy atom. The van der Waals surface area contributed by atoms with Crippen molar-refractivity contribution in [3.05, 3.63) is 77.9 Å². The lowest BCUT2D eigenvalue weighted by atomic mass is 9.72. The zero-order chi connectivity index (χ0) is 28.6. The number of urea groups is 1. The number of carbonyl (C=O) groups excluding carboxylic acids is 2. The van der Waals surface area contributed by atoms with E-state index in [9.17, 15) is 14.2 Å². The van der Waals surface area contributed by atoms with Gasteiger partial charge in [-0.1, -0.05) is 75.2 Å². The van der Waals surface area contributed by atoms with Gasteiger partial charge in [-0.2, -0.15) is 0 Å². The largest absolute Gasteiger partial charge is 0.469 e. The predicted molar refractivity (Wildman–Crippen MR) is 156 cm³/mol. The SMILES string of the molecule is C=CCP(=O)(Cc1ccc(O[C@@H]2N(C(=O)N[C@H](CCC)c3ccc(C)cc3)C(=O)C2(CC)CC)cc1)OCC. The first-order chi connectivity index (χ1) is 18.7. The third-order valence-electron chi connectivity index (χ3n) is 7.55. The highest BCUT2D eigenvalue weighted by Gasteiger charge is 2.63. The highest BCUT2D eigenvalue weighted by molar-refractivity contribution is 7.58. The van der Waals surface area contributed by atoms with Gasteiger partial charge in [0.1, 0.15) is 11.2 Å². The normalized spacial score (nSPS) is 18.5. The third-order valence-corrected chi connectivity index (χ3v) is 9.94. The number of β-lactam (4-membered cyclic amide) rings is 1. The molecule has 0 aromatic heterocycles. The van der Waals surface area contributed by atoms with Crippen LogP contribution in [0.3, 0.4) is 0 Å². The van der Waals surface area contributed by atoms with Crippen LogP contribution < -0.4 is 10.1 Å². The molecule has 0 saturated carbocycles. The zero-order valence-corrected chi connectivity index (χ0v) is 24.8. The van der Waals surface area contributed by atoms with Crippen LogP contribution in [0, 0.1) is 12.3 Å². The summed E-state index contributed by atoms with van der Waals surface area (Å²) in [5, 5.41) is 3.08. The summed E-state index contributed by atoms with van der Waals surface area (Å²) in [6, 6.07) is 14.7. The van der Waals surface area contributed by atoms with Crippen LogP contribution >= 0.6 is 7.37 Å². The number of amides is 3. The van der Waals surface area contributed by atoms with Gasteiger partial charge in [-0.15, -0.1) is 6.58 Å². The molecule has 2 aromatic carbocycles. The second kappa shape index (κ2) is 13.5. The average Bonchev–Trinajstić information content (AvgIpc) is 2.91. The van der Waals surface area contributed by atoms with Gasteiger partial charge < -0.3 is 14.6 Å². The van der Waals surface area contributed by atoms with Gasteiger partial charge in [-0.05, 0) is 56.4 Å². The number of allylic oxidation sites excluding steroid dienone is 1. The summed E-state index contributed by atoms with van der Waals surface area (Å²) in [5.41, 5.74) is 2.25. The second-order valence-electron chi connectivity index (χ2n) is 10.2. The molecule has 3 rings (SSSR count). The van der Waals surface area contributed by atoms with Gasteiger partial charge in [0.2, 0.25) is 13.3 Å². The number of hydrogen-bond donors (Lipinski definition) is 1. The fourth-order valence-electron chi connectivity index (χ4n) is 5.20. The van der Waals surface area contributed by atoms with Gasteiger partial charge in [0.15, 0.2) is 6.23 Å². The second-order valence-corrected chi connectivity index (χ2v) is 12.8. The van der Waals surface area contributed by atoms with Gasteiger partial charge in [-0.25, -0.2) is 9.69 Å². The summed E-state index contributed by atoms with van der Waals surface area (Å²) in [6.07, 6.45) is 4.28. The van der Waals surface area contributed by atoms with Crippen molar-refractivity contribution in [3.8, 4) is 5.75 Å². The van der Waals surface area contributed by atoms with E-state index in [2.05, 4.69) is 18.8 Å². The Morgan fingerprint density at radius 2 is 1.74 bits per heavy atom. The molecule has 7 nitrogen and oxygen atoms in total. The molecule has 0 radical (unpaired) electrons. The Labute approximate surface area is 233 Å². The summed E-state index contributed by atoms with van der Waals surface area (Å²) < 4.78 is 24.9. The molecule has 212 valence electrons. The molecule has 1 N–H and O–H groups in total. The molecule has 39 heavy (non-hydrogen) atoms. The molecule has 1 aliphatic heterocycles.